The topological polar surface area (TPSA) is 59.6 Å². The Morgan fingerprint density at radius 1 is 1.23 bits per heavy atom. The first-order valence-corrected chi connectivity index (χ1v) is 9.09. The molecule has 2 aromatic carbocycles. The van der Waals surface area contributed by atoms with Crippen LogP contribution in [0, 0.1) is 0 Å². The lowest BCUT2D eigenvalue weighted by molar-refractivity contribution is 0.0939. The van der Waals surface area contributed by atoms with E-state index in [1.165, 1.54) is 0 Å². The molecular weight excluding hydrogens is 375 g/mol. The molecular formula is C19H20Cl2N2O3. The Kier molecular flexibility index (Phi) is 6.25. The summed E-state index contributed by atoms with van der Waals surface area (Å²) in [6, 6.07) is 10.5. The van der Waals surface area contributed by atoms with Crippen LogP contribution >= 0.6 is 23.2 Å². The van der Waals surface area contributed by atoms with Crippen molar-refractivity contribution in [3.63, 3.8) is 0 Å². The van der Waals surface area contributed by atoms with Crippen LogP contribution in [-0.2, 0) is 6.61 Å². The molecule has 0 aromatic heterocycles. The third-order valence-corrected chi connectivity index (χ3v) is 4.81. The molecule has 26 heavy (non-hydrogen) atoms. The number of nitrogens with one attached hydrogen (secondary N) is 2. The Labute approximate surface area is 162 Å². The summed E-state index contributed by atoms with van der Waals surface area (Å²) in [6.45, 7) is 1.99. The fourth-order valence-corrected chi connectivity index (χ4v) is 3.23. The minimum absolute atomic E-state index is 0.121. The van der Waals surface area contributed by atoms with Gasteiger partial charge >= 0.3 is 0 Å². The molecule has 0 radical (unpaired) electrons. The largest absolute Gasteiger partial charge is 0.493 e. The van der Waals surface area contributed by atoms with E-state index in [2.05, 4.69) is 10.6 Å². The van der Waals surface area contributed by atoms with Crippen LogP contribution in [0.4, 0.5) is 0 Å². The molecule has 0 spiro atoms. The molecule has 3 rings (SSSR count). The number of ether oxygens (including phenoxy) is 2. The van der Waals surface area contributed by atoms with Gasteiger partial charge in [-0.3, -0.25) is 4.79 Å². The number of halogens is 2. The zero-order chi connectivity index (χ0) is 18.5. The molecule has 0 saturated carbocycles. The van der Waals surface area contributed by atoms with E-state index >= 15 is 0 Å². The van der Waals surface area contributed by atoms with Crippen LogP contribution < -0.4 is 20.1 Å². The number of hydrogen-bond acceptors (Lipinski definition) is 4. The van der Waals surface area contributed by atoms with Gasteiger partial charge < -0.3 is 20.1 Å². The average molecular weight is 395 g/mol. The molecule has 7 heteroatoms. The van der Waals surface area contributed by atoms with Crippen molar-refractivity contribution < 1.29 is 14.3 Å². The van der Waals surface area contributed by atoms with E-state index in [-0.39, 0.29) is 18.6 Å². The second kappa shape index (κ2) is 8.62. The Morgan fingerprint density at radius 2 is 2.08 bits per heavy atom. The average Bonchev–Trinajstić information content (AvgIpc) is 3.14. The lowest BCUT2D eigenvalue weighted by Crippen LogP contribution is -2.36. The summed E-state index contributed by atoms with van der Waals surface area (Å²) in [7, 11) is 1.54. The van der Waals surface area contributed by atoms with Crippen LogP contribution in [0.3, 0.4) is 0 Å². The SMILES string of the molecule is COc1cc(C(=O)NC2CCNC2)ccc1OCc1ccc(Cl)cc1Cl. The summed E-state index contributed by atoms with van der Waals surface area (Å²) < 4.78 is 11.2. The predicted molar refractivity (Wildman–Crippen MR) is 103 cm³/mol. The maximum atomic E-state index is 12.4. The van der Waals surface area contributed by atoms with E-state index in [0.29, 0.717) is 27.1 Å². The molecule has 1 saturated heterocycles. The van der Waals surface area contributed by atoms with Gasteiger partial charge in [0, 0.05) is 33.8 Å². The van der Waals surface area contributed by atoms with Crippen molar-refractivity contribution in [1.82, 2.24) is 10.6 Å². The van der Waals surface area contributed by atoms with Gasteiger partial charge in [0.05, 0.1) is 7.11 Å². The van der Waals surface area contributed by atoms with Crippen molar-refractivity contribution in [2.75, 3.05) is 20.2 Å². The molecule has 0 aliphatic carbocycles. The maximum Gasteiger partial charge on any atom is 0.251 e. The van der Waals surface area contributed by atoms with Crippen LogP contribution in [-0.4, -0.2) is 32.1 Å². The quantitative estimate of drug-likeness (QED) is 0.784. The predicted octanol–water partition coefficient (Wildman–Crippen LogP) is 3.67. The highest BCUT2D eigenvalue weighted by Gasteiger charge is 2.18. The van der Waals surface area contributed by atoms with Crippen LogP contribution in [0.15, 0.2) is 36.4 Å². The third-order valence-electron chi connectivity index (χ3n) is 4.22. The summed E-state index contributed by atoms with van der Waals surface area (Å²) >= 11 is 12.1. The lowest BCUT2D eigenvalue weighted by atomic mass is 10.1. The number of hydrogen-bond donors (Lipinski definition) is 2. The van der Waals surface area contributed by atoms with E-state index in [0.717, 1.165) is 25.1 Å². The fourth-order valence-electron chi connectivity index (χ4n) is 2.77. The normalized spacial score (nSPS) is 16.3. The summed E-state index contributed by atoms with van der Waals surface area (Å²) in [5, 5.41) is 7.34. The van der Waals surface area contributed by atoms with Gasteiger partial charge in [0.2, 0.25) is 0 Å². The van der Waals surface area contributed by atoms with E-state index in [1.54, 1.807) is 37.4 Å². The van der Waals surface area contributed by atoms with E-state index in [4.69, 9.17) is 32.7 Å². The standard InChI is InChI=1S/C19H20Cl2N2O3/c1-25-18-8-12(19(24)23-15-6-7-22-10-15)3-5-17(18)26-11-13-2-4-14(20)9-16(13)21/h2-5,8-9,15,22H,6-7,10-11H2,1H3,(H,23,24). The van der Waals surface area contributed by atoms with Crippen LogP contribution in [0.2, 0.25) is 10.0 Å². The van der Waals surface area contributed by atoms with Gasteiger partial charge in [-0.2, -0.15) is 0 Å². The Balaban J connectivity index is 1.68. The highest BCUT2D eigenvalue weighted by atomic mass is 35.5. The van der Waals surface area contributed by atoms with E-state index in [1.807, 2.05) is 6.07 Å². The first-order chi connectivity index (χ1) is 12.6. The Hall–Kier alpha value is -1.95. The third kappa shape index (κ3) is 4.61. The molecule has 1 unspecified atom stereocenters. The van der Waals surface area contributed by atoms with Crippen LogP contribution in [0.5, 0.6) is 11.5 Å². The number of benzene rings is 2. The second-order valence-electron chi connectivity index (χ2n) is 6.05. The Bertz CT molecular complexity index is 792. The molecule has 0 bridgehead atoms. The Morgan fingerprint density at radius 3 is 2.77 bits per heavy atom. The van der Waals surface area contributed by atoms with Gasteiger partial charge in [0.15, 0.2) is 11.5 Å². The van der Waals surface area contributed by atoms with E-state index in [9.17, 15) is 4.79 Å². The number of methoxy groups -OCH3 is 1. The molecule has 1 aliphatic rings. The minimum Gasteiger partial charge on any atom is -0.493 e. The fraction of sp³-hybridized carbons (Fsp3) is 0.316. The zero-order valence-electron chi connectivity index (χ0n) is 14.4. The van der Waals surface area contributed by atoms with Gasteiger partial charge in [-0.25, -0.2) is 0 Å². The van der Waals surface area contributed by atoms with Gasteiger partial charge in [-0.1, -0.05) is 29.3 Å². The molecule has 2 N–H and O–H groups in total. The summed E-state index contributed by atoms with van der Waals surface area (Å²) in [6.07, 6.45) is 0.936. The number of amides is 1. The number of carbonyl (C=O) groups is 1. The van der Waals surface area contributed by atoms with Gasteiger partial charge in [0.25, 0.3) is 5.91 Å². The number of carbonyl (C=O) groups excluding carboxylic acids is 1. The lowest BCUT2D eigenvalue weighted by Gasteiger charge is -2.14. The molecule has 138 valence electrons. The van der Waals surface area contributed by atoms with Crippen molar-refractivity contribution in [2.45, 2.75) is 19.1 Å². The molecule has 5 nitrogen and oxygen atoms in total. The maximum absolute atomic E-state index is 12.4. The van der Waals surface area contributed by atoms with Crippen LogP contribution in [0.25, 0.3) is 0 Å². The summed E-state index contributed by atoms with van der Waals surface area (Å²) in [5.41, 5.74) is 1.35. The molecule has 1 heterocycles. The first-order valence-electron chi connectivity index (χ1n) is 8.33. The molecule has 1 atom stereocenters. The van der Waals surface area contributed by atoms with Gasteiger partial charge in [-0.15, -0.1) is 0 Å². The molecule has 1 amide bonds. The highest BCUT2D eigenvalue weighted by Crippen LogP contribution is 2.30. The molecule has 2 aromatic rings. The monoisotopic (exact) mass is 394 g/mol. The second-order valence-corrected chi connectivity index (χ2v) is 6.90. The van der Waals surface area contributed by atoms with Gasteiger partial charge in [-0.05, 0) is 43.3 Å². The van der Waals surface area contributed by atoms with Crippen molar-refractivity contribution >= 4 is 29.1 Å². The minimum atomic E-state index is -0.121. The highest BCUT2D eigenvalue weighted by molar-refractivity contribution is 6.35. The van der Waals surface area contributed by atoms with Crippen molar-refractivity contribution in [1.29, 1.82) is 0 Å². The summed E-state index contributed by atoms with van der Waals surface area (Å²) in [5.74, 6) is 0.911. The van der Waals surface area contributed by atoms with Crippen molar-refractivity contribution in [2.24, 2.45) is 0 Å². The number of rotatable bonds is 6. The molecule has 1 aliphatic heterocycles. The smallest absolute Gasteiger partial charge is 0.251 e. The van der Waals surface area contributed by atoms with Crippen molar-refractivity contribution in [3.8, 4) is 11.5 Å². The van der Waals surface area contributed by atoms with Crippen molar-refractivity contribution in [3.05, 3.63) is 57.6 Å². The summed E-state index contributed by atoms with van der Waals surface area (Å²) in [4.78, 5) is 12.4. The van der Waals surface area contributed by atoms with Gasteiger partial charge in [0.1, 0.15) is 6.61 Å². The van der Waals surface area contributed by atoms with E-state index < -0.39 is 0 Å². The first kappa shape index (κ1) is 18.8. The zero-order valence-corrected chi connectivity index (χ0v) is 15.9. The van der Waals surface area contributed by atoms with Crippen LogP contribution in [0.1, 0.15) is 22.3 Å². The molecule has 1 fully saturated rings.